The van der Waals surface area contributed by atoms with Crippen molar-refractivity contribution < 1.29 is 22.3 Å². The minimum Gasteiger partial charge on any atom is -0.493 e. The van der Waals surface area contributed by atoms with E-state index in [1.54, 1.807) is 11.9 Å². The molecule has 3 aromatic carbocycles. The van der Waals surface area contributed by atoms with E-state index in [0.29, 0.717) is 31.7 Å². The number of nitrogens with zero attached hydrogens (tertiary/aromatic N) is 2. The van der Waals surface area contributed by atoms with Crippen LogP contribution in [0.4, 0.5) is 4.39 Å². The number of para-hydroxylation sites is 1. The number of halogens is 1. The van der Waals surface area contributed by atoms with E-state index in [0.717, 1.165) is 11.6 Å². The Kier molecular flexibility index (Phi) is 8.06. The Hall–Kier alpha value is -3.23. The molecule has 0 aliphatic carbocycles. The summed E-state index contributed by atoms with van der Waals surface area (Å²) in [6, 6.07) is 24.0. The number of sulfonamides is 1. The number of ether oxygens (including phenoxy) is 1. The van der Waals surface area contributed by atoms with Gasteiger partial charge in [-0.2, -0.15) is 4.31 Å². The van der Waals surface area contributed by atoms with Gasteiger partial charge in [0.15, 0.2) is 0 Å². The quantitative estimate of drug-likeness (QED) is 0.418. The molecule has 1 fully saturated rings. The molecule has 0 N–H and O–H groups in total. The molecule has 1 aliphatic rings. The summed E-state index contributed by atoms with van der Waals surface area (Å²) in [5.41, 5.74) is 0.290. The summed E-state index contributed by atoms with van der Waals surface area (Å²) in [6.45, 7) is 1.07. The number of hydrogen-bond donors (Lipinski definition) is 0. The van der Waals surface area contributed by atoms with Gasteiger partial charge in [0.1, 0.15) is 11.6 Å². The first-order chi connectivity index (χ1) is 17.3. The highest BCUT2D eigenvalue weighted by Gasteiger charge is 2.43. The van der Waals surface area contributed by atoms with E-state index < -0.39 is 21.3 Å². The van der Waals surface area contributed by atoms with Gasteiger partial charge in [-0.3, -0.25) is 4.79 Å². The van der Waals surface area contributed by atoms with Crippen LogP contribution < -0.4 is 4.74 Å². The lowest BCUT2D eigenvalue weighted by molar-refractivity contribution is -0.134. The second-order valence-electron chi connectivity index (χ2n) is 9.41. The standard InChI is InChI=1S/C28H31FN2O4S/c1-30(20-23-10-4-2-5-11-23)27(32)19-28(22-35-25-13-6-3-7-14-25)16-9-17-31(21-28)36(33,34)26-15-8-12-24(29)18-26/h2-8,10-15,18H,9,16-17,19-22H2,1H3. The Bertz CT molecular complexity index is 1270. The molecule has 8 heteroatoms. The fourth-order valence-electron chi connectivity index (χ4n) is 4.61. The van der Waals surface area contributed by atoms with Crippen LogP contribution in [0.5, 0.6) is 5.75 Å². The van der Waals surface area contributed by atoms with Crippen molar-refractivity contribution in [3.8, 4) is 5.75 Å². The maximum Gasteiger partial charge on any atom is 0.243 e. The summed E-state index contributed by atoms with van der Waals surface area (Å²) in [5.74, 6) is -0.0305. The topological polar surface area (TPSA) is 66.9 Å². The Morgan fingerprint density at radius 3 is 2.42 bits per heavy atom. The van der Waals surface area contributed by atoms with Crippen LogP contribution in [0.2, 0.25) is 0 Å². The number of hydrogen-bond acceptors (Lipinski definition) is 4. The zero-order chi connectivity index (χ0) is 25.6. The summed E-state index contributed by atoms with van der Waals surface area (Å²) in [5, 5.41) is 0. The maximum atomic E-state index is 13.8. The van der Waals surface area contributed by atoms with Gasteiger partial charge >= 0.3 is 0 Å². The van der Waals surface area contributed by atoms with Gasteiger partial charge in [-0.1, -0.05) is 54.6 Å². The van der Waals surface area contributed by atoms with E-state index in [-0.39, 0.29) is 30.4 Å². The van der Waals surface area contributed by atoms with E-state index in [4.69, 9.17) is 4.74 Å². The lowest BCUT2D eigenvalue weighted by atomic mass is 9.78. The van der Waals surface area contributed by atoms with Gasteiger partial charge in [0, 0.05) is 38.5 Å². The molecule has 0 saturated carbocycles. The first-order valence-electron chi connectivity index (χ1n) is 12.0. The van der Waals surface area contributed by atoms with Crippen molar-refractivity contribution in [2.45, 2.75) is 30.7 Å². The maximum absolute atomic E-state index is 13.8. The van der Waals surface area contributed by atoms with Crippen molar-refractivity contribution in [1.29, 1.82) is 0 Å². The molecule has 190 valence electrons. The Morgan fingerprint density at radius 1 is 1.03 bits per heavy atom. The highest BCUT2D eigenvalue weighted by atomic mass is 32.2. The van der Waals surface area contributed by atoms with E-state index in [1.165, 1.54) is 22.5 Å². The number of carbonyl (C=O) groups is 1. The lowest BCUT2D eigenvalue weighted by Gasteiger charge is -2.42. The van der Waals surface area contributed by atoms with E-state index in [2.05, 4.69) is 0 Å². The van der Waals surface area contributed by atoms with Gasteiger partial charge in [0.2, 0.25) is 15.9 Å². The molecular weight excluding hydrogens is 479 g/mol. The number of piperidine rings is 1. The van der Waals surface area contributed by atoms with Crippen LogP contribution in [0, 0.1) is 11.2 Å². The van der Waals surface area contributed by atoms with Gasteiger partial charge < -0.3 is 9.64 Å². The Labute approximate surface area is 212 Å². The van der Waals surface area contributed by atoms with E-state index in [9.17, 15) is 17.6 Å². The third-order valence-electron chi connectivity index (χ3n) is 6.56. The summed E-state index contributed by atoms with van der Waals surface area (Å²) in [6.07, 6.45) is 1.35. The number of rotatable bonds is 9. The second-order valence-corrected chi connectivity index (χ2v) is 11.4. The monoisotopic (exact) mass is 510 g/mol. The van der Waals surface area contributed by atoms with Crippen molar-refractivity contribution in [3.63, 3.8) is 0 Å². The molecule has 3 aromatic rings. The zero-order valence-electron chi connectivity index (χ0n) is 20.3. The molecule has 0 radical (unpaired) electrons. The Morgan fingerprint density at radius 2 is 1.72 bits per heavy atom. The molecule has 0 bridgehead atoms. The average molecular weight is 511 g/mol. The van der Waals surface area contributed by atoms with Crippen LogP contribution in [-0.4, -0.2) is 50.3 Å². The highest BCUT2D eigenvalue weighted by Crippen LogP contribution is 2.37. The van der Waals surface area contributed by atoms with Crippen molar-refractivity contribution >= 4 is 15.9 Å². The first kappa shape index (κ1) is 25.9. The molecular formula is C28H31FN2O4S. The van der Waals surface area contributed by atoms with Crippen molar-refractivity contribution in [3.05, 3.63) is 96.3 Å². The van der Waals surface area contributed by atoms with Crippen LogP contribution in [0.3, 0.4) is 0 Å². The molecule has 6 nitrogen and oxygen atoms in total. The molecule has 4 rings (SSSR count). The third kappa shape index (κ3) is 6.30. The molecule has 1 unspecified atom stereocenters. The summed E-state index contributed by atoms with van der Waals surface area (Å²) < 4.78 is 48.0. The average Bonchev–Trinajstić information content (AvgIpc) is 2.89. The normalized spacial score (nSPS) is 18.5. The third-order valence-corrected chi connectivity index (χ3v) is 8.40. The first-order valence-corrected chi connectivity index (χ1v) is 13.4. The molecule has 1 atom stereocenters. The van der Waals surface area contributed by atoms with E-state index >= 15 is 0 Å². The number of benzene rings is 3. The van der Waals surface area contributed by atoms with Gasteiger partial charge in [-0.05, 0) is 48.7 Å². The predicted octanol–water partition coefficient (Wildman–Crippen LogP) is 4.72. The molecule has 36 heavy (non-hydrogen) atoms. The molecule has 0 spiro atoms. The van der Waals surface area contributed by atoms with Crippen LogP contribution in [0.1, 0.15) is 24.8 Å². The number of amides is 1. The van der Waals surface area contributed by atoms with Gasteiger partial charge in [0.05, 0.1) is 11.5 Å². The molecule has 1 saturated heterocycles. The molecule has 0 aromatic heterocycles. The molecule has 1 aliphatic heterocycles. The summed E-state index contributed by atoms with van der Waals surface area (Å²) in [7, 11) is -2.18. The van der Waals surface area contributed by atoms with Crippen molar-refractivity contribution in [1.82, 2.24) is 9.21 Å². The minimum atomic E-state index is -3.93. The predicted molar refractivity (Wildman–Crippen MR) is 136 cm³/mol. The largest absolute Gasteiger partial charge is 0.493 e. The fourth-order valence-corrected chi connectivity index (χ4v) is 6.24. The van der Waals surface area contributed by atoms with Crippen LogP contribution in [0.25, 0.3) is 0 Å². The van der Waals surface area contributed by atoms with E-state index in [1.807, 2.05) is 60.7 Å². The lowest BCUT2D eigenvalue weighted by Crippen LogP contribution is -2.50. The van der Waals surface area contributed by atoms with Crippen LogP contribution in [-0.2, 0) is 21.4 Å². The molecule has 1 heterocycles. The summed E-state index contributed by atoms with van der Waals surface area (Å²) >= 11 is 0. The van der Waals surface area contributed by atoms with Gasteiger partial charge in [0.25, 0.3) is 0 Å². The Balaban J connectivity index is 1.57. The van der Waals surface area contributed by atoms with Crippen molar-refractivity contribution in [2.75, 3.05) is 26.7 Å². The van der Waals surface area contributed by atoms with Gasteiger partial charge in [-0.15, -0.1) is 0 Å². The minimum absolute atomic E-state index is 0.0829. The van der Waals surface area contributed by atoms with Crippen molar-refractivity contribution in [2.24, 2.45) is 5.41 Å². The smallest absolute Gasteiger partial charge is 0.243 e. The number of carbonyl (C=O) groups excluding carboxylic acids is 1. The summed E-state index contributed by atoms with van der Waals surface area (Å²) in [4.78, 5) is 14.9. The fraction of sp³-hybridized carbons (Fsp3) is 0.321. The second kappa shape index (κ2) is 11.2. The van der Waals surface area contributed by atoms with Crippen LogP contribution in [0.15, 0.2) is 89.8 Å². The van der Waals surface area contributed by atoms with Crippen LogP contribution >= 0.6 is 0 Å². The van der Waals surface area contributed by atoms with Gasteiger partial charge in [-0.25, -0.2) is 12.8 Å². The molecule has 1 amide bonds. The zero-order valence-corrected chi connectivity index (χ0v) is 21.2. The SMILES string of the molecule is CN(Cc1ccccc1)C(=O)CC1(COc2ccccc2)CCCN(S(=O)(=O)c2cccc(F)c2)C1. The highest BCUT2D eigenvalue weighted by molar-refractivity contribution is 7.89.